The molecule has 1 aromatic carbocycles. The number of hydrogen-bond donors (Lipinski definition) is 2. The van der Waals surface area contributed by atoms with Gasteiger partial charge in [-0.15, -0.1) is 0 Å². The van der Waals surface area contributed by atoms with Crippen LogP contribution in [0, 0.1) is 0 Å². The van der Waals surface area contributed by atoms with E-state index in [1.165, 1.54) is 17.4 Å². The van der Waals surface area contributed by atoms with Crippen molar-refractivity contribution in [2.75, 3.05) is 6.54 Å². The minimum absolute atomic E-state index is 0.337. The van der Waals surface area contributed by atoms with Crippen molar-refractivity contribution in [3.63, 3.8) is 0 Å². The second-order valence-electron chi connectivity index (χ2n) is 7.59. The van der Waals surface area contributed by atoms with Crippen LogP contribution in [-0.4, -0.2) is 29.3 Å². The highest BCUT2D eigenvalue weighted by Gasteiger charge is 2.49. The van der Waals surface area contributed by atoms with Crippen molar-refractivity contribution < 1.29 is 18.8 Å². The number of nitrogens with one attached hydrogen (secondary N) is 2. The van der Waals surface area contributed by atoms with Gasteiger partial charge in [-0.1, -0.05) is 18.2 Å². The molecule has 7 heteroatoms. The molecule has 1 aliphatic heterocycles. The lowest BCUT2D eigenvalue weighted by atomic mass is 9.89. The van der Waals surface area contributed by atoms with E-state index in [4.69, 9.17) is 4.42 Å². The van der Waals surface area contributed by atoms with Crippen LogP contribution < -0.4 is 10.6 Å². The van der Waals surface area contributed by atoms with Crippen molar-refractivity contribution in [1.82, 2.24) is 15.5 Å². The van der Waals surface area contributed by atoms with E-state index in [9.17, 15) is 14.4 Å². The van der Waals surface area contributed by atoms with Gasteiger partial charge in [-0.25, -0.2) is 4.79 Å². The topological polar surface area (TPSA) is 91.7 Å². The summed E-state index contributed by atoms with van der Waals surface area (Å²) in [6, 6.07) is 8.50. The minimum Gasteiger partial charge on any atom is -0.467 e. The molecule has 2 atom stereocenters. The Bertz CT molecular complexity index is 937. The maximum atomic E-state index is 13.0. The third-order valence-electron chi connectivity index (χ3n) is 5.60. The highest BCUT2D eigenvalue weighted by Crippen LogP contribution is 2.32. The van der Waals surface area contributed by atoms with Crippen LogP contribution in [0.5, 0.6) is 0 Å². The van der Waals surface area contributed by atoms with Crippen molar-refractivity contribution in [3.8, 4) is 0 Å². The summed E-state index contributed by atoms with van der Waals surface area (Å²) < 4.78 is 5.26. The van der Waals surface area contributed by atoms with Crippen LogP contribution in [-0.2, 0) is 28.0 Å². The highest BCUT2D eigenvalue weighted by molar-refractivity contribution is 6.09. The number of furan rings is 1. The van der Waals surface area contributed by atoms with Crippen LogP contribution in [0.15, 0.2) is 41.0 Å². The van der Waals surface area contributed by atoms with Crippen LogP contribution in [0.3, 0.4) is 0 Å². The Hall–Kier alpha value is -3.09. The van der Waals surface area contributed by atoms with Gasteiger partial charge in [0.15, 0.2) is 0 Å². The summed E-state index contributed by atoms with van der Waals surface area (Å²) in [5, 5.41) is 5.51. The molecule has 28 heavy (non-hydrogen) atoms. The van der Waals surface area contributed by atoms with Crippen LogP contribution >= 0.6 is 0 Å². The molecule has 4 amide bonds. The van der Waals surface area contributed by atoms with Crippen molar-refractivity contribution in [2.24, 2.45) is 0 Å². The minimum atomic E-state index is -1.17. The summed E-state index contributed by atoms with van der Waals surface area (Å²) in [5.74, 6) is -0.240. The van der Waals surface area contributed by atoms with E-state index in [0.717, 1.165) is 29.7 Å². The van der Waals surface area contributed by atoms with Gasteiger partial charge < -0.3 is 15.1 Å². The van der Waals surface area contributed by atoms with E-state index < -0.39 is 23.4 Å². The summed E-state index contributed by atoms with van der Waals surface area (Å²) in [6.07, 6.45) is 4.67. The predicted molar refractivity (Wildman–Crippen MR) is 101 cm³/mol. The summed E-state index contributed by atoms with van der Waals surface area (Å²) in [6.45, 7) is 3.13. The Kier molecular flexibility index (Phi) is 4.45. The Balaban J connectivity index is 1.48. The molecule has 2 aromatic rings. The van der Waals surface area contributed by atoms with Crippen molar-refractivity contribution in [2.45, 2.75) is 44.7 Å². The number of aryl methyl sites for hydroxylation is 2. The molecule has 0 saturated carbocycles. The zero-order valence-corrected chi connectivity index (χ0v) is 16.0. The smallest absolute Gasteiger partial charge is 0.325 e. The molecule has 0 spiro atoms. The number of nitrogens with zero attached hydrogens (tertiary/aromatic N) is 1. The molecule has 1 saturated heterocycles. The lowest BCUT2D eigenvalue weighted by Gasteiger charge is -2.23. The molecule has 1 aromatic heterocycles. The molecule has 146 valence electrons. The van der Waals surface area contributed by atoms with Gasteiger partial charge in [0.25, 0.3) is 5.91 Å². The summed E-state index contributed by atoms with van der Waals surface area (Å²) in [5.41, 5.74) is 2.11. The van der Waals surface area contributed by atoms with E-state index in [0.29, 0.717) is 5.76 Å². The van der Waals surface area contributed by atoms with Crippen LogP contribution in [0.4, 0.5) is 4.79 Å². The number of urea groups is 1. The quantitative estimate of drug-likeness (QED) is 0.778. The van der Waals surface area contributed by atoms with Crippen LogP contribution in [0.1, 0.15) is 48.8 Å². The molecule has 0 radical (unpaired) electrons. The fourth-order valence-corrected chi connectivity index (χ4v) is 3.96. The van der Waals surface area contributed by atoms with E-state index >= 15 is 0 Å². The number of carbonyl (C=O) groups is 3. The van der Waals surface area contributed by atoms with Crippen molar-refractivity contribution in [1.29, 1.82) is 0 Å². The molecule has 1 aliphatic carbocycles. The molecular formula is C21H23N3O4. The number of amides is 4. The van der Waals surface area contributed by atoms with Gasteiger partial charge in [-0.2, -0.15) is 0 Å². The monoisotopic (exact) mass is 381 g/mol. The second kappa shape index (κ2) is 6.82. The fourth-order valence-electron chi connectivity index (χ4n) is 3.96. The SMILES string of the molecule is C[C@H](NC(=O)CN1C(=O)N[C@](C)(c2ccc3c(c2)CCC3)C1=O)c1ccco1. The number of carbonyl (C=O) groups excluding carboxylic acids is 3. The number of benzene rings is 1. The normalized spacial score (nSPS) is 22.1. The van der Waals surface area contributed by atoms with Gasteiger partial charge in [0.05, 0.1) is 12.3 Å². The Morgan fingerprint density at radius 1 is 1.29 bits per heavy atom. The van der Waals surface area contributed by atoms with Crippen LogP contribution in [0.25, 0.3) is 0 Å². The molecule has 0 bridgehead atoms. The summed E-state index contributed by atoms with van der Waals surface area (Å²) >= 11 is 0. The standard InChI is InChI=1S/C21H23N3O4/c1-13(17-7-4-10-28-17)22-18(25)12-24-19(26)21(2,23-20(24)27)16-9-8-14-5-3-6-15(14)11-16/h4,7-11,13H,3,5-6,12H2,1-2H3,(H,22,25)(H,23,27)/t13-,21+/m0/s1. The predicted octanol–water partition coefficient (Wildman–Crippen LogP) is 2.41. The van der Waals surface area contributed by atoms with Gasteiger partial charge in [-0.05, 0) is 61.9 Å². The lowest BCUT2D eigenvalue weighted by Crippen LogP contribution is -2.43. The van der Waals surface area contributed by atoms with Gasteiger partial charge in [0.2, 0.25) is 5.91 Å². The van der Waals surface area contributed by atoms with E-state index in [1.807, 2.05) is 18.2 Å². The first-order chi connectivity index (χ1) is 13.4. The van der Waals surface area contributed by atoms with E-state index in [1.54, 1.807) is 26.0 Å². The molecule has 2 aliphatic rings. The third-order valence-corrected chi connectivity index (χ3v) is 5.60. The number of rotatable bonds is 5. The third kappa shape index (κ3) is 3.06. The maximum Gasteiger partial charge on any atom is 0.325 e. The molecule has 7 nitrogen and oxygen atoms in total. The first-order valence-electron chi connectivity index (χ1n) is 9.47. The van der Waals surface area contributed by atoms with E-state index in [2.05, 4.69) is 10.6 Å². The van der Waals surface area contributed by atoms with Gasteiger partial charge in [0, 0.05) is 0 Å². The van der Waals surface area contributed by atoms with Crippen molar-refractivity contribution >= 4 is 17.8 Å². The number of imide groups is 1. The maximum absolute atomic E-state index is 13.0. The lowest BCUT2D eigenvalue weighted by molar-refractivity contribution is -0.135. The largest absolute Gasteiger partial charge is 0.467 e. The first kappa shape index (κ1) is 18.3. The molecule has 4 rings (SSSR count). The van der Waals surface area contributed by atoms with Gasteiger partial charge in [0.1, 0.15) is 17.8 Å². The van der Waals surface area contributed by atoms with Crippen molar-refractivity contribution in [3.05, 3.63) is 59.0 Å². The zero-order valence-electron chi connectivity index (χ0n) is 16.0. The molecular weight excluding hydrogens is 358 g/mol. The molecule has 2 heterocycles. The van der Waals surface area contributed by atoms with Crippen LogP contribution in [0.2, 0.25) is 0 Å². The Morgan fingerprint density at radius 2 is 2.07 bits per heavy atom. The fraction of sp³-hybridized carbons (Fsp3) is 0.381. The van der Waals surface area contributed by atoms with Gasteiger partial charge in [-0.3, -0.25) is 14.5 Å². The molecule has 1 fully saturated rings. The highest BCUT2D eigenvalue weighted by atomic mass is 16.3. The number of fused-ring (bicyclic) bond motifs is 1. The first-order valence-corrected chi connectivity index (χ1v) is 9.47. The zero-order chi connectivity index (χ0) is 19.9. The second-order valence-corrected chi connectivity index (χ2v) is 7.59. The van der Waals surface area contributed by atoms with E-state index in [-0.39, 0.29) is 12.6 Å². The average molecular weight is 381 g/mol. The summed E-state index contributed by atoms with van der Waals surface area (Å²) in [7, 11) is 0. The molecule has 0 unspecified atom stereocenters. The Labute approximate surface area is 163 Å². The summed E-state index contributed by atoms with van der Waals surface area (Å²) in [4.78, 5) is 38.8. The van der Waals surface area contributed by atoms with Gasteiger partial charge >= 0.3 is 6.03 Å². The average Bonchev–Trinajstić information content (AvgIpc) is 3.39. The molecule has 2 N–H and O–H groups in total. The Morgan fingerprint density at radius 3 is 2.82 bits per heavy atom. The number of hydrogen-bond acceptors (Lipinski definition) is 4.